The Morgan fingerprint density at radius 1 is 1.36 bits per heavy atom. The van der Waals surface area contributed by atoms with Crippen LogP contribution in [-0.4, -0.2) is 13.1 Å². The number of hydrogen-bond acceptors (Lipinski definition) is 2. The van der Waals surface area contributed by atoms with Crippen molar-refractivity contribution >= 4 is 5.97 Å². The summed E-state index contributed by atoms with van der Waals surface area (Å²) in [6.45, 7) is 4.39. The average molecular weight is 158 g/mol. The standard InChI is InChI=1S/C9H18O2/c1-8(2)6-4-5-7-9(10)11-3/h8H,4-7H2,1-3H3. The summed E-state index contributed by atoms with van der Waals surface area (Å²) in [6.07, 6.45) is 3.87. The molecule has 0 fully saturated rings. The van der Waals surface area contributed by atoms with Gasteiger partial charge in [-0.2, -0.15) is 0 Å². The van der Waals surface area contributed by atoms with E-state index < -0.39 is 0 Å². The number of rotatable bonds is 5. The van der Waals surface area contributed by atoms with Crippen LogP contribution in [0.2, 0.25) is 0 Å². The highest BCUT2D eigenvalue weighted by Crippen LogP contribution is 2.07. The highest BCUT2D eigenvalue weighted by atomic mass is 16.5. The van der Waals surface area contributed by atoms with Gasteiger partial charge in [-0.05, 0) is 12.3 Å². The molecule has 0 bridgehead atoms. The molecule has 0 aliphatic rings. The largest absolute Gasteiger partial charge is 0.469 e. The fraction of sp³-hybridized carbons (Fsp3) is 0.889. The molecule has 0 unspecified atom stereocenters. The second kappa shape index (κ2) is 6.20. The first-order chi connectivity index (χ1) is 5.16. The lowest BCUT2D eigenvalue weighted by Gasteiger charge is -2.02. The van der Waals surface area contributed by atoms with Gasteiger partial charge in [0.25, 0.3) is 0 Å². The summed E-state index contributed by atoms with van der Waals surface area (Å²) >= 11 is 0. The number of esters is 1. The molecule has 0 aromatic carbocycles. The Hall–Kier alpha value is -0.530. The summed E-state index contributed by atoms with van der Waals surface area (Å²) < 4.78 is 4.52. The topological polar surface area (TPSA) is 26.3 Å². The molecule has 2 nitrogen and oxygen atoms in total. The molecule has 66 valence electrons. The van der Waals surface area contributed by atoms with Crippen molar-refractivity contribution in [3.8, 4) is 0 Å². The van der Waals surface area contributed by atoms with E-state index >= 15 is 0 Å². The van der Waals surface area contributed by atoms with Crippen molar-refractivity contribution in [3.63, 3.8) is 0 Å². The van der Waals surface area contributed by atoms with Crippen LogP contribution in [0.15, 0.2) is 0 Å². The van der Waals surface area contributed by atoms with E-state index in [4.69, 9.17) is 0 Å². The van der Waals surface area contributed by atoms with E-state index in [1.165, 1.54) is 13.5 Å². The number of carbonyl (C=O) groups is 1. The maximum Gasteiger partial charge on any atom is 0.305 e. The summed E-state index contributed by atoms with van der Waals surface area (Å²) in [7, 11) is 1.44. The van der Waals surface area contributed by atoms with Gasteiger partial charge in [-0.15, -0.1) is 0 Å². The zero-order chi connectivity index (χ0) is 8.69. The van der Waals surface area contributed by atoms with Crippen LogP contribution in [0.5, 0.6) is 0 Å². The number of carbonyl (C=O) groups excluding carboxylic acids is 1. The molecule has 11 heavy (non-hydrogen) atoms. The van der Waals surface area contributed by atoms with Gasteiger partial charge in [-0.25, -0.2) is 0 Å². The molecule has 0 aliphatic heterocycles. The average Bonchev–Trinajstić information content (AvgIpc) is 1.97. The zero-order valence-electron chi connectivity index (χ0n) is 7.72. The first-order valence-corrected chi connectivity index (χ1v) is 4.23. The third-order valence-electron chi connectivity index (χ3n) is 1.64. The minimum atomic E-state index is -0.0891. The van der Waals surface area contributed by atoms with Crippen molar-refractivity contribution in [3.05, 3.63) is 0 Å². The van der Waals surface area contributed by atoms with Gasteiger partial charge < -0.3 is 4.74 Å². The molecule has 2 heteroatoms. The fourth-order valence-corrected chi connectivity index (χ4v) is 0.924. The highest BCUT2D eigenvalue weighted by molar-refractivity contribution is 5.68. The second-order valence-corrected chi connectivity index (χ2v) is 3.22. The van der Waals surface area contributed by atoms with Gasteiger partial charge in [-0.3, -0.25) is 4.79 Å². The molecule has 0 aromatic heterocycles. The monoisotopic (exact) mass is 158 g/mol. The molecule has 0 aliphatic carbocycles. The Balaban J connectivity index is 3.08. The highest BCUT2D eigenvalue weighted by Gasteiger charge is 1.99. The van der Waals surface area contributed by atoms with Crippen LogP contribution in [0.4, 0.5) is 0 Å². The van der Waals surface area contributed by atoms with Crippen LogP contribution in [0.25, 0.3) is 0 Å². The van der Waals surface area contributed by atoms with Gasteiger partial charge in [0.1, 0.15) is 0 Å². The lowest BCUT2D eigenvalue weighted by atomic mass is 10.1. The lowest BCUT2D eigenvalue weighted by molar-refractivity contribution is -0.140. The van der Waals surface area contributed by atoms with Crippen LogP contribution in [0, 0.1) is 5.92 Å². The van der Waals surface area contributed by atoms with E-state index in [0.29, 0.717) is 6.42 Å². The molecule has 0 radical (unpaired) electrons. The summed E-state index contributed by atoms with van der Waals surface area (Å²) in [5.41, 5.74) is 0. The predicted molar refractivity (Wildman–Crippen MR) is 45.3 cm³/mol. The van der Waals surface area contributed by atoms with Crippen molar-refractivity contribution in [2.45, 2.75) is 39.5 Å². The van der Waals surface area contributed by atoms with Gasteiger partial charge >= 0.3 is 5.97 Å². The Bertz CT molecular complexity index is 108. The molecule has 0 saturated carbocycles. The molecule has 0 rings (SSSR count). The summed E-state index contributed by atoms with van der Waals surface area (Å²) in [6, 6.07) is 0. The quantitative estimate of drug-likeness (QED) is 0.453. The van der Waals surface area contributed by atoms with Crippen LogP contribution in [0.3, 0.4) is 0 Å². The maximum absolute atomic E-state index is 10.6. The minimum absolute atomic E-state index is 0.0891. The van der Waals surface area contributed by atoms with E-state index in [0.717, 1.165) is 18.8 Å². The van der Waals surface area contributed by atoms with Gasteiger partial charge in [0.2, 0.25) is 0 Å². The molecule has 0 saturated heterocycles. The van der Waals surface area contributed by atoms with Crippen LogP contribution in [0.1, 0.15) is 39.5 Å². The van der Waals surface area contributed by atoms with Gasteiger partial charge in [0.05, 0.1) is 7.11 Å². The van der Waals surface area contributed by atoms with Crippen molar-refractivity contribution in [2.75, 3.05) is 7.11 Å². The van der Waals surface area contributed by atoms with E-state index in [2.05, 4.69) is 18.6 Å². The van der Waals surface area contributed by atoms with Gasteiger partial charge in [0, 0.05) is 6.42 Å². The normalized spacial score (nSPS) is 10.2. The van der Waals surface area contributed by atoms with Crippen LogP contribution in [-0.2, 0) is 9.53 Å². The first-order valence-electron chi connectivity index (χ1n) is 4.23. The van der Waals surface area contributed by atoms with E-state index in [1.54, 1.807) is 0 Å². The van der Waals surface area contributed by atoms with E-state index in [1.807, 2.05) is 0 Å². The molecule has 0 spiro atoms. The lowest BCUT2D eigenvalue weighted by Crippen LogP contribution is -1.99. The summed E-state index contributed by atoms with van der Waals surface area (Å²) in [5.74, 6) is 0.654. The second-order valence-electron chi connectivity index (χ2n) is 3.22. The molecular formula is C9H18O2. The number of hydrogen-bond donors (Lipinski definition) is 0. The SMILES string of the molecule is COC(=O)CCCCC(C)C. The van der Waals surface area contributed by atoms with Crippen molar-refractivity contribution in [2.24, 2.45) is 5.92 Å². The van der Waals surface area contributed by atoms with E-state index in [-0.39, 0.29) is 5.97 Å². The molecule has 0 heterocycles. The number of unbranched alkanes of at least 4 members (excludes halogenated alkanes) is 1. The number of methoxy groups -OCH3 is 1. The summed E-state index contributed by atoms with van der Waals surface area (Å²) in [4.78, 5) is 10.6. The van der Waals surface area contributed by atoms with E-state index in [9.17, 15) is 4.79 Å². The fourth-order valence-electron chi connectivity index (χ4n) is 0.924. The molecule has 0 N–H and O–H groups in total. The van der Waals surface area contributed by atoms with Crippen molar-refractivity contribution < 1.29 is 9.53 Å². The van der Waals surface area contributed by atoms with Crippen molar-refractivity contribution in [1.82, 2.24) is 0 Å². The van der Waals surface area contributed by atoms with Gasteiger partial charge in [0.15, 0.2) is 0 Å². The van der Waals surface area contributed by atoms with Gasteiger partial charge in [-0.1, -0.05) is 26.7 Å². The minimum Gasteiger partial charge on any atom is -0.469 e. The predicted octanol–water partition coefficient (Wildman–Crippen LogP) is 2.38. The van der Waals surface area contributed by atoms with Crippen LogP contribution >= 0.6 is 0 Å². The third kappa shape index (κ3) is 7.37. The Kier molecular flexibility index (Phi) is 5.90. The number of ether oxygens (including phenoxy) is 1. The molecular weight excluding hydrogens is 140 g/mol. The molecule has 0 aromatic rings. The molecule has 0 amide bonds. The third-order valence-corrected chi connectivity index (χ3v) is 1.64. The Morgan fingerprint density at radius 2 is 2.00 bits per heavy atom. The van der Waals surface area contributed by atoms with Crippen molar-refractivity contribution in [1.29, 1.82) is 0 Å². The zero-order valence-corrected chi connectivity index (χ0v) is 7.72. The maximum atomic E-state index is 10.6. The van der Waals surface area contributed by atoms with Crippen LogP contribution < -0.4 is 0 Å². The first kappa shape index (κ1) is 10.5. The Morgan fingerprint density at radius 3 is 2.45 bits per heavy atom. The Labute approximate surface area is 68.9 Å². The molecule has 0 atom stereocenters. The summed E-state index contributed by atoms with van der Waals surface area (Å²) in [5, 5.41) is 0. The smallest absolute Gasteiger partial charge is 0.305 e.